The van der Waals surface area contributed by atoms with Gasteiger partial charge in [0.1, 0.15) is 18.1 Å². The molecule has 2 aliphatic rings. The molecule has 3 aromatic carbocycles. The third-order valence-corrected chi connectivity index (χ3v) is 8.37. The van der Waals surface area contributed by atoms with Gasteiger partial charge in [0.15, 0.2) is 11.5 Å². The topological polar surface area (TPSA) is 97.8 Å². The van der Waals surface area contributed by atoms with Gasteiger partial charge in [0, 0.05) is 31.7 Å². The van der Waals surface area contributed by atoms with E-state index in [1.165, 1.54) is 0 Å². The Bertz CT molecular complexity index is 1540. The second-order valence-electron chi connectivity index (χ2n) is 12.2. The Balaban J connectivity index is 1.44. The third-order valence-electron chi connectivity index (χ3n) is 8.37. The first-order valence-corrected chi connectivity index (χ1v) is 15.9. The zero-order valence-electron chi connectivity index (χ0n) is 27.2. The number of benzene rings is 3. The number of rotatable bonds is 13. The Morgan fingerprint density at radius 1 is 0.957 bits per heavy atom. The van der Waals surface area contributed by atoms with E-state index in [4.69, 9.17) is 18.9 Å². The van der Waals surface area contributed by atoms with Gasteiger partial charge < -0.3 is 29.0 Å². The maximum absolute atomic E-state index is 13.6. The van der Waals surface area contributed by atoms with Crippen LogP contribution in [0.3, 0.4) is 0 Å². The van der Waals surface area contributed by atoms with Crippen LogP contribution in [0.15, 0.2) is 72.3 Å². The minimum Gasteiger partial charge on any atom is -0.507 e. The molecule has 1 atom stereocenters. The summed E-state index contributed by atoms with van der Waals surface area (Å²) in [5, 5.41) is 11.6. The normalized spacial score (nSPS) is 18.3. The van der Waals surface area contributed by atoms with E-state index in [-0.39, 0.29) is 11.3 Å². The number of ether oxygens (including phenoxy) is 4. The van der Waals surface area contributed by atoms with Crippen molar-refractivity contribution in [3.8, 4) is 17.2 Å². The number of likely N-dealkylation sites (tertiary alicyclic amines) is 1. The molecule has 0 bridgehead atoms. The van der Waals surface area contributed by atoms with E-state index >= 15 is 0 Å². The highest BCUT2D eigenvalue weighted by Gasteiger charge is 2.46. The molecule has 46 heavy (non-hydrogen) atoms. The van der Waals surface area contributed by atoms with E-state index in [1.54, 1.807) is 48.4 Å². The van der Waals surface area contributed by atoms with Crippen LogP contribution in [0.2, 0.25) is 0 Å². The monoisotopic (exact) mass is 628 g/mol. The van der Waals surface area contributed by atoms with E-state index in [0.29, 0.717) is 73.8 Å². The van der Waals surface area contributed by atoms with Gasteiger partial charge in [-0.05, 0) is 66.8 Å². The summed E-state index contributed by atoms with van der Waals surface area (Å²) in [6, 6.07) is 19.6. The van der Waals surface area contributed by atoms with Crippen molar-refractivity contribution in [2.24, 2.45) is 5.92 Å². The second kappa shape index (κ2) is 15.3. The summed E-state index contributed by atoms with van der Waals surface area (Å²) in [6.07, 6.45) is 0.891. The number of aryl methyl sites for hydroxylation is 1. The lowest BCUT2D eigenvalue weighted by Gasteiger charge is -2.31. The van der Waals surface area contributed by atoms with Gasteiger partial charge in [-0.2, -0.15) is 0 Å². The third kappa shape index (κ3) is 7.89. The summed E-state index contributed by atoms with van der Waals surface area (Å²) in [4.78, 5) is 30.9. The van der Waals surface area contributed by atoms with Crippen molar-refractivity contribution in [2.75, 3.05) is 53.1 Å². The van der Waals surface area contributed by atoms with E-state index in [9.17, 15) is 14.7 Å². The van der Waals surface area contributed by atoms with E-state index in [2.05, 4.69) is 24.8 Å². The number of aliphatic hydroxyl groups excluding tert-OH is 1. The number of amides is 1. The van der Waals surface area contributed by atoms with E-state index < -0.39 is 17.7 Å². The summed E-state index contributed by atoms with van der Waals surface area (Å²) < 4.78 is 23.1. The van der Waals surface area contributed by atoms with Crippen molar-refractivity contribution in [3.05, 3.63) is 94.6 Å². The predicted molar refractivity (Wildman–Crippen MR) is 176 cm³/mol. The molecule has 0 saturated carbocycles. The number of nitrogens with zero attached hydrogens (tertiary/aromatic N) is 2. The van der Waals surface area contributed by atoms with Crippen LogP contribution in [0.5, 0.6) is 17.2 Å². The largest absolute Gasteiger partial charge is 0.507 e. The lowest BCUT2D eigenvalue weighted by atomic mass is 9.95. The maximum Gasteiger partial charge on any atom is 0.295 e. The molecule has 0 radical (unpaired) electrons. The number of aliphatic hydroxyl groups is 1. The molecule has 2 fully saturated rings. The van der Waals surface area contributed by atoms with Gasteiger partial charge in [0.25, 0.3) is 11.7 Å². The van der Waals surface area contributed by atoms with Crippen LogP contribution in [0.1, 0.15) is 48.6 Å². The number of Topliss-reactive ketones (excluding diaryl/α,β-unsaturated/α-hetero) is 1. The van der Waals surface area contributed by atoms with Crippen LogP contribution < -0.4 is 14.2 Å². The molecule has 9 nitrogen and oxygen atoms in total. The fourth-order valence-corrected chi connectivity index (χ4v) is 5.74. The lowest BCUT2D eigenvalue weighted by Crippen LogP contribution is -2.42. The number of ketones is 1. The zero-order chi connectivity index (χ0) is 32.6. The molecule has 0 aromatic heterocycles. The molecule has 244 valence electrons. The van der Waals surface area contributed by atoms with Gasteiger partial charge >= 0.3 is 0 Å². The smallest absolute Gasteiger partial charge is 0.295 e. The average molecular weight is 629 g/mol. The predicted octanol–water partition coefficient (Wildman–Crippen LogP) is 5.76. The Morgan fingerprint density at radius 2 is 1.72 bits per heavy atom. The molecule has 1 N–H and O–H groups in total. The van der Waals surface area contributed by atoms with E-state index in [0.717, 1.165) is 30.6 Å². The summed E-state index contributed by atoms with van der Waals surface area (Å²) in [7, 11) is 1.56. The number of carbonyl (C=O) groups is 2. The fourth-order valence-electron chi connectivity index (χ4n) is 5.74. The first-order chi connectivity index (χ1) is 22.2. The Hall–Kier alpha value is -4.34. The van der Waals surface area contributed by atoms with Crippen molar-refractivity contribution in [3.63, 3.8) is 0 Å². The average Bonchev–Trinajstić information content (AvgIpc) is 3.32. The molecular weight excluding hydrogens is 584 g/mol. The SMILES string of the molecule is COc1cc(C2C(=C(O)c3ccc(OCc4cccc(C)c4)cc3)C(=O)C(=O)N2CCN2CCOCC2)ccc1OCCC(C)C. The highest BCUT2D eigenvalue weighted by atomic mass is 16.5. The summed E-state index contributed by atoms with van der Waals surface area (Å²) in [5.74, 6) is 0.588. The molecule has 2 heterocycles. The molecule has 9 heteroatoms. The highest BCUT2D eigenvalue weighted by Crippen LogP contribution is 2.42. The second-order valence-corrected chi connectivity index (χ2v) is 12.2. The van der Waals surface area contributed by atoms with Crippen molar-refractivity contribution < 1.29 is 33.6 Å². The fraction of sp³-hybridized carbons (Fsp3) is 0.405. The maximum atomic E-state index is 13.6. The molecule has 1 unspecified atom stereocenters. The van der Waals surface area contributed by atoms with Crippen molar-refractivity contribution >= 4 is 17.4 Å². The Morgan fingerprint density at radius 3 is 2.41 bits per heavy atom. The van der Waals surface area contributed by atoms with Crippen molar-refractivity contribution in [1.29, 1.82) is 0 Å². The van der Waals surface area contributed by atoms with Gasteiger partial charge in [0.2, 0.25) is 0 Å². The van der Waals surface area contributed by atoms with Gasteiger partial charge in [0.05, 0.1) is 38.5 Å². The number of carbonyl (C=O) groups excluding carboxylic acids is 2. The molecule has 0 spiro atoms. The van der Waals surface area contributed by atoms with Crippen LogP contribution in [-0.4, -0.2) is 79.7 Å². The minimum absolute atomic E-state index is 0.0379. The molecule has 0 aliphatic carbocycles. The zero-order valence-corrected chi connectivity index (χ0v) is 27.2. The van der Waals surface area contributed by atoms with E-state index in [1.807, 2.05) is 31.2 Å². The number of methoxy groups -OCH3 is 1. The summed E-state index contributed by atoms with van der Waals surface area (Å²) >= 11 is 0. The first-order valence-electron chi connectivity index (χ1n) is 15.9. The van der Waals surface area contributed by atoms with Crippen molar-refractivity contribution in [2.45, 2.75) is 39.8 Å². The lowest BCUT2D eigenvalue weighted by molar-refractivity contribution is -0.140. The van der Waals surface area contributed by atoms with Gasteiger partial charge in [-0.3, -0.25) is 14.5 Å². The molecule has 3 aromatic rings. The highest BCUT2D eigenvalue weighted by molar-refractivity contribution is 6.46. The van der Waals surface area contributed by atoms with Gasteiger partial charge in [-0.1, -0.05) is 49.7 Å². The minimum atomic E-state index is -0.808. The summed E-state index contributed by atoms with van der Waals surface area (Å²) in [6.45, 7) is 10.9. The Kier molecular flexibility index (Phi) is 11.0. The van der Waals surface area contributed by atoms with Crippen LogP contribution in [0.25, 0.3) is 5.76 Å². The number of hydrogen-bond donors (Lipinski definition) is 1. The molecule has 1 amide bonds. The quantitative estimate of drug-likeness (QED) is 0.145. The van der Waals surface area contributed by atoms with Gasteiger partial charge in [-0.15, -0.1) is 0 Å². The van der Waals surface area contributed by atoms with Crippen molar-refractivity contribution in [1.82, 2.24) is 9.80 Å². The number of morpholine rings is 1. The standard InChI is InChI=1S/C37H44N2O7/c1-25(2)14-19-45-31-13-10-29(23-32(31)43-4)34-33(36(41)37(42)39(34)16-15-38-17-20-44-21-18-38)35(40)28-8-11-30(12-9-28)46-24-27-7-5-6-26(3)22-27/h5-13,22-23,25,34,40H,14-21,24H2,1-4H3. The summed E-state index contributed by atoms with van der Waals surface area (Å²) in [5.41, 5.74) is 3.31. The first kappa shape index (κ1) is 33.0. The van der Waals surface area contributed by atoms with Crippen LogP contribution in [0.4, 0.5) is 0 Å². The van der Waals surface area contributed by atoms with Crippen LogP contribution in [-0.2, 0) is 20.9 Å². The Labute approximate surface area is 271 Å². The van der Waals surface area contributed by atoms with Gasteiger partial charge in [-0.25, -0.2) is 0 Å². The molecular formula is C37H44N2O7. The molecule has 5 rings (SSSR count). The van der Waals surface area contributed by atoms with Crippen LogP contribution in [0, 0.1) is 12.8 Å². The molecule has 2 aliphatic heterocycles. The molecule has 2 saturated heterocycles. The van der Waals surface area contributed by atoms with Crippen LogP contribution >= 0.6 is 0 Å². The number of hydrogen-bond acceptors (Lipinski definition) is 8.